The van der Waals surface area contributed by atoms with Crippen LogP contribution in [0.4, 0.5) is 14.9 Å². The zero-order chi connectivity index (χ0) is 14.4. The Morgan fingerprint density at radius 2 is 1.95 bits per heavy atom. The van der Waals surface area contributed by atoms with Gasteiger partial charge < -0.3 is 10.4 Å². The molecule has 0 heterocycles. The molecule has 0 aliphatic heterocycles. The number of anilines is 1. The van der Waals surface area contributed by atoms with E-state index < -0.39 is 17.9 Å². The predicted octanol–water partition coefficient (Wildman–Crippen LogP) is 2.08. The molecule has 1 aromatic rings. The number of rotatable bonds is 5. The Balaban J connectivity index is 2.67. The molecule has 5 nitrogen and oxygen atoms in total. The van der Waals surface area contributed by atoms with Gasteiger partial charge in [-0.2, -0.15) is 0 Å². The van der Waals surface area contributed by atoms with E-state index in [9.17, 15) is 14.0 Å². The van der Waals surface area contributed by atoms with Gasteiger partial charge in [0.1, 0.15) is 5.82 Å². The Kier molecular flexibility index (Phi) is 5.29. The Hall–Kier alpha value is -2.11. The summed E-state index contributed by atoms with van der Waals surface area (Å²) in [5.41, 5.74) is 0.560. The molecule has 0 aromatic heterocycles. The second-order valence-corrected chi connectivity index (χ2v) is 4.15. The summed E-state index contributed by atoms with van der Waals surface area (Å²) in [5.74, 6) is -2.00. The highest BCUT2D eigenvalue weighted by Crippen LogP contribution is 2.14. The fraction of sp³-hybridized carbons (Fsp3) is 0.385. The number of amides is 2. The summed E-state index contributed by atoms with van der Waals surface area (Å²) in [6, 6.07) is 5.14. The van der Waals surface area contributed by atoms with Gasteiger partial charge in [-0.15, -0.1) is 0 Å². The van der Waals surface area contributed by atoms with E-state index in [2.05, 4.69) is 5.32 Å². The average Bonchev–Trinajstić information content (AvgIpc) is 2.38. The van der Waals surface area contributed by atoms with Gasteiger partial charge in [-0.05, 0) is 31.2 Å². The average molecular weight is 268 g/mol. The highest BCUT2D eigenvalue weighted by Gasteiger charge is 2.16. The van der Waals surface area contributed by atoms with E-state index >= 15 is 0 Å². The Morgan fingerprint density at radius 1 is 1.37 bits per heavy atom. The number of nitrogens with zero attached hydrogens (tertiary/aromatic N) is 1. The number of aliphatic carboxylic acids is 1. The van der Waals surface area contributed by atoms with E-state index in [0.717, 1.165) is 0 Å². The molecule has 6 heteroatoms. The smallest absolute Gasteiger partial charge is 0.321 e. The van der Waals surface area contributed by atoms with Gasteiger partial charge in [0.15, 0.2) is 0 Å². The fourth-order valence-corrected chi connectivity index (χ4v) is 1.49. The molecule has 104 valence electrons. The van der Waals surface area contributed by atoms with Crippen molar-refractivity contribution in [2.75, 3.05) is 18.0 Å². The molecule has 2 N–H and O–H groups in total. The molecule has 0 saturated heterocycles. The summed E-state index contributed by atoms with van der Waals surface area (Å²) < 4.78 is 12.8. The molecule has 0 saturated carbocycles. The lowest BCUT2D eigenvalue weighted by molar-refractivity contribution is -0.140. The zero-order valence-corrected chi connectivity index (χ0v) is 10.9. The number of hydrogen-bond donors (Lipinski definition) is 2. The maximum Gasteiger partial charge on any atom is 0.321 e. The van der Waals surface area contributed by atoms with Crippen molar-refractivity contribution < 1.29 is 19.1 Å². The summed E-state index contributed by atoms with van der Waals surface area (Å²) in [7, 11) is 0. The van der Waals surface area contributed by atoms with Crippen LogP contribution in [0.1, 0.15) is 13.8 Å². The highest BCUT2D eigenvalue weighted by molar-refractivity contribution is 5.92. The molecule has 1 atom stereocenters. The second kappa shape index (κ2) is 6.72. The first-order chi connectivity index (χ1) is 8.95. The quantitative estimate of drug-likeness (QED) is 0.859. The molecule has 0 radical (unpaired) electrons. The van der Waals surface area contributed by atoms with Crippen molar-refractivity contribution in [3.8, 4) is 0 Å². The lowest BCUT2D eigenvalue weighted by Gasteiger charge is -2.22. The number of carbonyl (C=O) groups excluding carboxylic acids is 1. The van der Waals surface area contributed by atoms with Crippen molar-refractivity contribution in [2.45, 2.75) is 13.8 Å². The SMILES string of the molecule is CCN(C(=O)NCC(C)C(=O)O)c1ccc(F)cc1. The van der Waals surface area contributed by atoms with Gasteiger partial charge in [-0.25, -0.2) is 9.18 Å². The van der Waals surface area contributed by atoms with Crippen LogP contribution in [0.15, 0.2) is 24.3 Å². The normalized spacial score (nSPS) is 11.7. The van der Waals surface area contributed by atoms with Crippen LogP contribution in [-0.2, 0) is 4.79 Å². The van der Waals surface area contributed by atoms with Crippen molar-refractivity contribution in [3.63, 3.8) is 0 Å². The first-order valence-corrected chi connectivity index (χ1v) is 5.99. The van der Waals surface area contributed by atoms with E-state index in [4.69, 9.17) is 5.11 Å². The second-order valence-electron chi connectivity index (χ2n) is 4.15. The van der Waals surface area contributed by atoms with Gasteiger partial charge in [-0.1, -0.05) is 6.92 Å². The molecular weight excluding hydrogens is 251 g/mol. The van der Waals surface area contributed by atoms with E-state index in [1.165, 1.54) is 36.1 Å². The number of hydrogen-bond acceptors (Lipinski definition) is 2. The molecule has 0 aliphatic rings. The number of carboxylic acids is 1. The van der Waals surface area contributed by atoms with Crippen LogP contribution in [0.3, 0.4) is 0 Å². The van der Waals surface area contributed by atoms with E-state index in [-0.39, 0.29) is 12.4 Å². The predicted molar refractivity (Wildman–Crippen MR) is 69.6 cm³/mol. The summed E-state index contributed by atoms with van der Waals surface area (Å²) in [6.45, 7) is 3.74. The van der Waals surface area contributed by atoms with Crippen LogP contribution < -0.4 is 10.2 Å². The minimum Gasteiger partial charge on any atom is -0.481 e. The number of urea groups is 1. The van der Waals surface area contributed by atoms with Gasteiger partial charge >= 0.3 is 12.0 Å². The number of nitrogens with one attached hydrogen (secondary N) is 1. The highest BCUT2D eigenvalue weighted by atomic mass is 19.1. The minimum absolute atomic E-state index is 0.0475. The number of carboxylic acid groups (broad SMARTS) is 1. The van der Waals surface area contributed by atoms with Crippen molar-refractivity contribution in [1.29, 1.82) is 0 Å². The van der Waals surface area contributed by atoms with Gasteiger partial charge in [-0.3, -0.25) is 9.69 Å². The topological polar surface area (TPSA) is 69.6 Å². The van der Waals surface area contributed by atoms with Crippen LogP contribution in [0, 0.1) is 11.7 Å². The molecule has 2 amide bonds. The van der Waals surface area contributed by atoms with E-state index in [1.807, 2.05) is 0 Å². The van der Waals surface area contributed by atoms with Gasteiger partial charge in [0.05, 0.1) is 5.92 Å². The van der Waals surface area contributed by atoms with Gasteiger partial charge in [0.2, 0.25) is 0 Å². The number of carbonyl (C=O) groups is 2. The Morgan fingerprint density at radius 3 is 2.42 bits per heavy atom. The van der Waals surface area contributed by atoms with Crippen molar-refractivity contribution in [2.24, 2.45) is 5.92 Å². The van der Waals surface area contributed by atoms with Crippen LogP contribution in [-0.4, -0.2) is 30.2 Å². The molecule has 0 aliphatic carbocycles. The Bertz CT molecular complexity index is 448. The monoisotopic (exact) mass is 268 g/mol. The number of benzene rings is 1. The van der Waals surface area contributed by atoms with Crippen LogP contribution >= 0.6 is 0 Å². The van der Waals surface area contributed by atoms with Gasteiger partial charge in [0, 0.05) is 18.8 Å². The maximum atomic E-state index is 12.8. The first kappa shape index (κ1) is 14.9. The molecule has 19 heavy (non-hydrogen) atoms. The van der Waals surface area contributed by atoms with Crippen LogP contribution in [0.25, 0.3) is 0 Å². The summed E-state index contributed by atoms with van der Waals surface area (Å²) in [6.07, 6.45) is 0. The molecule has 0 bridgehead atoms. The maximum absolute atomic E-state index is 12.8. The first-order valence-electron chi connectivity index (χ1n) is 5.99. The van der Waals surface area contributed by atoms with Crippen LogP contribution in [0.5, 0.6) is 0 Å². The van der Waals surface area contributed by atoms with E-state index in [1.54, 1.807) is 6.92 Å². The summed E-state index contributed by atoms with van der Waals surface area (Å²) in [4.78, 5) is 24.0. The minimum atomic E-state index is -0.967. The lowest BCUT2D eigenvalue weighted by atomic mass is 10.2. The van der Waals surface area contributed by atoms with Crippen LogP contribution in [0.2, 0.25) is 0 Å². The van der Waals surface area contributed by atoms with Crippen molar-refractivity contribution in [1.82, 2.24) is 5.32 Å². The third-order valence-corrected chi connectivity index (χ3v) is 2.68. The standard InChI is InChI=1S/C13H17FN2O3/c1-3-16(11-6-4-10(14)5-7-11)13(19)15-8-9(2)12(17)18/h4-7,9H,3,8H2,1-2H3,(H,15,19)(H,17,18). The number of halogens is 1. The lowest BCUT2D eigenvalue weighted by Crippen LogP contribution is -2.42. The molecule has 1 unspecified atom stereocenters. The molecule has 0 fully saturated rings. The van der Waals surface area contributed by atoms with E-state index in [0.29, 0.717) is 12.2 Å². The van der Waals surface area contributed by atoms with Crippen molar-refractivity contribution >= 4 is 17.7 Å². The van der Waals surface area contributed by atoms with Crippen molar-refractivity contribution in [3.05, 3.63) is 30.1 Å². The molecule has 0 spiro atoms. The summed E-state index contributed by atoms with van der Waals surface area (Å²) in [5, 5.41) is 11.3. The molecule has 1 rings (SSSR count). The van der Waals surface area contributed by atoms with Gasteiger partial charge in [0.25, 0.3) is 0 Å². The zero-order valence-electron chi connectivity index (χ0n) is 10.9. The molecular formula is C13H17FN2O3. The largest absolute Gasteiger partial charge is 0.481 e. The third kappa shape index (κ3) is 4.24. The Labute approximate surface area is 111 Å². The fourth-order valence-electron chi connectivity index (χ4n) is 1.49. The molecule has 1 aromatic carbocycles. The summed E-state index contributed by atoms with van der Waals surface area (Å²) >= 11 is 0. The third-order valence-electron chi connectivity index (χ3n) is 2.68.